The second-order valence-electron chi connectivity index (χ2n) is 5.19. The molecular formula is C17H19N3O2S. The first-order valence-corrected chi connectivity index (χ1v) is 8.52. The van der Waals surface area contributed by atoms with E-state index >= 15 is 0 Å². The molecule has 0 atom stereocenters. The van der Waals surface area contributed by atoms with Gasteiger partial charge in [-0.25, -0.2) is 4.98 Å². The van der Waals surface area contributed by atoms with Gasteiger partial charge in [0.1, 0.15) is 0 Å². The van der Waals surface area contributed by atoms with Crippen molar-refractivity contribution in [1.82, 2.24) is 10.3 Å². The second kappa shape index (κ2) is 7.89. The minimum atomic E-state index is -0.116. The van der Waals surface area contributed by atoms with E-state index in [-0.39, 0.29) is 5.91 Å². The molecule has 1 fully saturated rings. The fourth-order valence-electron chi connectivity index (χ4n) is 2.48. The van der Waals surface area contributed by atoms with Gasteiger partial charge in [0.2, 0.25) is 5.91 Å². The highest BCUT2D eigenvalue weighted by Crippen LogP contribution is 2.21. The summed E-state index contributed by atoms with van der Waals surface area (Å²) in [4.78, 5) is 18.4. The Kier molecular flexibility index (Phi) is 5.39. The van der Waals surface area contributed by atoms with Gasteiger partial charge in [-0.3, -0.25) is 4.79 Å². The molecule has 0 saturated carbocycles. The van der Waals surface area contributed by atoms with Gasteiger partial charge in [-0.05, 0) is 17.7 Å². The Balaban J connectivity index is 1.60. The van der Waals surface area contributed by atoms with E-state index in [0.29, 0.717) is 6.54 Å². The predicted octanol–water partition coefficient (Wildman–Crippen LogP) is 2.31. The summed E-state index contributed by atoms with van der Waals surface area (Å²) in [6, 6.07) is 8.17. The predicted molar refractivity (Wildman–Crippen MR) is 92.5 cm³/mol. The molecule has 0 aliphatic carbocycles. The molecule has 1 aliphatic heterocycles. The maximum atomic E-state index is 11.9. The molecule has 6 heteroatoms. The van der Waals surface area contributed by atoms with Gasteiger partial charge in [0.05, 0.1) is 24.4 Å². The molecule has 1 aliphatic rings. The van der Waals surface area contributed by atoms with Gasteiger partial charge in [-0.15, -0.1) is 11.3 Å². The van der Waals surface area contributed by atoms with Gasteiger partial charge < -0.3 is 15.0 Å². The van der Waals surface area contributed by atoms with Crippen molar-refractivity contribution in [2.45, 2.75) is 6.54 Å². The minimum Gasteiger partial charge on any atom is -0.378 e. The number of hydrogen-bond donors (Lipinski definition) is 1. The van der Waals surface area contributed by atoms with Crippen molar-refractivity contribution < 1.29 is 9.53 Å². The van der Waals surface area contributed by atoms with E-state index in [0.717, 1.165) is 37.6 Å². The summed E-state index contributed by atoms with van der Waals surface area (Å²) in [5, 5.41) is 4.83. The van der Waals surface area contributed by atoms with E-state index in [1.807, 2.05) is 17.5 Å². The Morgan fingerprint density at radius 3 is 2.96 bits per heavy atom. The fraction of sp³-hybridized carbons (Fsp3) is 0.294. The monoisotopic (exact) mass is 329 g/mol. The van der Waals surface area contributed by atoms with Crippen molar-refractivity contribution in [1.29, 1.82) is 0 Å². The number of thiazole rings is 1. The van der Waals surface area contributed by atoms with Crippen molar-refractivity contribution in [2.24, 2.45) is 0 Å². The zero-order chi connectivity index (χ0) is 15.9. The number of para-hydroxylation sites is 1. The number of rotatable bonds is 5. The molecule has 1 aromatic carbocycles. The highest BCUT2D eigenvalue weighted by molar-refractivity contribution is 7.07. The van der Waals surface area contributed by atoms with Crippen LogP contribution < -0.4 is 10.2 Å². The van der Waals surface area contributed by atoms with E-state index in [4.69, 9.17) is 4.74 Å². The first kappa shape index (κ1) is 15.7. The third-order valence-electron chi connectivity index (χ3n) is 3.65. The summed E-state index contributed by atoms with van der Waals surface area (Å²) in [6.07, 6.45) is 3.24. The quantitative estimate of drug-likeness (QED) is 0.855. The molecule has 0 spiro atoms. The van der Waals surface area contributed by atoms with Crippen LogP contribution in [0.3, 0.4) is 0 Å². The molecule has 0 bridgehead atoms. The van der Waals surface area contributed by atoms with Crippen molar-refractivity contribution in [3.8, 4) is 0 Å². The number of carbonyl (C=O) groups is 1. The highest BCUT2D eigenvalue weighted by Gasteiger charge is 2.14. The van der Waals surface area contributed by atoms with Crippen LogP contribution in [0.2, 0.25) is 0 Å². The van der Waals surface area contributed by atoms with Crippen LogP contribution in [0.25, 0.3) is 6.08 Å². The lowest BCUT2D eigenvalue weighted by molar-refractivity contribution is -0.116. The molecule has 23 heavy (non-hydrogen) atoms. The van der Waals surface area contributed by atoms with Crippen LogP contribution in [-0.2, 0) is 16.1 Å². The van der Waals surface area contributed by atoms with Gasteiger partial charge >= 0.3 is 0 Å². The number of hydrogen-bond acceptors (Lipinski definition) is 5. The van der Waals surface area contributed by atoms with Crippen molar-refractivity contribution >= 4 is 29.0 Å². The number of carbonyl (C=O) groups excluding carboxylic acids is 1. The summed E-state index contributed by atoms with van der Waals surface area (Å²) in [6.45, 7) is 3.77. The summed E-state index contributed by atoms with van der Waals surface area (Å²) in [5.74, 6) is -0.116. The third kappa shape index (κ3) is 4.40. The first-order chi connectivity index (χ1) is 11.3. The fourth-order valence-corrected chi connectivity index (χ4v) is 3.00. The summed E-state index contributed by atoms with van der Waals surface area (Å²) < 4.78 is 5.40. The Morgan fingerprint density at radius 1 is 1.35 bits per heavy atom. The lowest BCUT2D eigenvalue weighted by Crippen LogP contribution is -2.37. The van der Waals surface area contributed by atoms with Crippen molar-refractivity contribution in [3.63, 3.8) is 0 Å². The van der Waals surface area contributed by atoms with Gasteiger partial charge in [-0.1, -0.05) is 18.2 Å². The molecule has 3 rings (SSSR count). The maximum absolute atomic E-state index is 11.9. The lowest BCUT2D eigenvalue weighted by atomic mass is 10.1. The lowest BCUT2D eigenvalue weighted by Gasteiger charge is -2.30. The van der Waals surface area contributed by atoms with E-state index in [9.17, 15) is 4.79 Å². The molecule has 1 N–H and O–H groups in total. The van der Waals surface area contributed by atoms with Crippen LogP contribution in [-0.4, -0.2) is 37.2 Å². The summed E-state index contributed by atoms with van der Waals surface area (Å²) >= 11 is 1.51. The summed E-state index contributed by atoms with van der Waals surface area (Å²) in [7, 11) is 0. The van der Waals surface area contributed by atoms with Crippen molar-refractivity contribution in [2.75, 3.05) is 31.2 Å². The minimum absolute atomic E-state index is 0.116. The van der Waals surface area contributed by atoms with Crippen LogP contribution in [0.15, 0.2) is 41.2 Å². The highest BCUT2D eigenvalue weighted by atomic mass is 32.1. The molecule has 5 nitrogen and oxygen atoms in total. The van der Waals surface area contributed by atoms with Crippen molar-refractivity contribution in [3.05, 3.63) is 52.5 Å². The number of morpholine rings is 1. The van der Waals surface area contributed by atoms with E-state index in [1.165, 1.54) is 23.1 Å². The zero-order valence-electron chi connectivity index (χ0n) is 12.8. The molecule has 120 valence electrons. The van der Waals surface area contributed by atoms with Crippen LogP contribution in [0.1, 0.15) is 11.3 Å². The number of benzene rings is 1. The number of ether oxygens (including phenoxy) is 1. The van der Waals surface area contributed by atoms with Gasteiger partial charge in [0.25, 0.3) is 0 Å². The van der Waals surface area contributed by atoms with Gasteiger partial charge in [-0.2, -0.15) is 0 Å². The van der Waals surface area contributed by atoms with E-state index in [2.05, 4.69) is 27.3 Å². The van der Waals surface area contributed by atoms with Crippen LogP contribution >= 0.6 is 11.3 Å². The standard InChI is InChI=1S/C17H19N3O2S/c21-17(6-5-15-12-23-13-19-15)18-11-14-3-1-2-4-16(14)20-7-9-22-10-8-20/h1-6,12-13H,7-11H2,(H,18,21)/b6-5+. The number of aromatic nitrogens is 1. The molecule has 1 amide bonds. The van der Waals surface area contributed by atoms with E-state index in [1.54, 1.807) is 11.6 Å². The smallest absolute Gasteiger partial charge is 0.244 e. The SMILES string of the molecule is O=C(/C=C/c1cscn1)NCc1ccccc1N1CCOCC1. The van der Waals surface area contributed by atoms with E-state index < -0.39 is 0 Å². The third-order valence-corrected chi connectivity index (χ3v) is 4.26. The Morgan fingerprint density at radius 2 is 2.17 bits per heavy atom. The molecule has 1 saturated heterocycles. The van der Waals surface area contributed by atoms with Gasteiger partial charge in [0.15, 0.2) is 0 Å². The molecule has 1 aromatic heterocycles. The largest absolute Gasteiger partial charge is 0.378 e. The molecule has 0 unspecified atom stereocenters. The summed E-state index contributed by atoms with van der Waals surface area (Å²) in [5.41, 5.74) is 4.83. The molecule has 2 aromatic rings. The van der Waals surface area contributed by atoms with Crippen LogP contribution in [0.4, 0.5) is 5.69 Å². The first-order valence-electron chi connectivity index (χ1n) is 7.57. The van der Waals surface area contributed by atoms with Gasteiger partial charge in [0, 0.05) is 36.8 Å². The average molecular weight is 329 g/mol. The normalized spacial score (nSPS) is 15.0. The number of anilines is 1. The Bertz CT molecular complexity index is 664. The topological polar surface area (TPSA) is 54.5 Å². The van der Waals surface area contributed by atoms with Crippen LogP contribution in [0, 0.1) is 0 Å². The number of nitrogens with zero attached hydrogens (tertiary/aromatic N) is 2. The number of nitrogens with one attached hydrogen (secondary N) is 1. The zero-order valence-corrected chi connectivity index (χ0v) is 13.6. The molecular weight excluding hydrogens is 310 g/mol. The Hall–Kier alpha value is -2.18. The Labute approximate surface area is 139 Å². The average Bonchev–Trinajstić information content (AvgIpc) is 3.13. The van der Waals surface area contributed by atoms with Crippen LogP contribution in [0.5, 0.6) is 0 Å². The second-order valence-corrected chi connectivity index (χ2v) is 5.91. The number of amides is 1. The maximum Gasteiger partial charge on any atom is 0.244 e. The molecule has 2 heterocycles. The molecule has 0 radical (unpaired) electrons.